The van der Waals surface area contributed by atoms with Gasteiger partial charge in [0.25, 0.3) is 0 Å². The lowest BCUT2D eigenvalue weighted by Gasteiger charge is -2.27. The molecule has 0 aromatic rings. The Kier molecular flexibility index (Phi) is 7.73. The van der Waals surface area contributed by atoms with E-state index < -0.39 is 38.3 Å². The minimum absolute atomic E-state index is 0.615. The summed E-state index contributed by atoms with van der Waals surface area (Å²) in [4.78, 5) is 13.0. The Morgan fingerprint density at radius 2 is 1.46 bits per heavy atom. The van der Waals surface area contributed by atoms with Gasteiger partial charge in [0.1, 0.15) is 0 Å². The van der Waals surface area contributed by atoms with E-state index in [9.17, 15) is 4.79 Å². The van der Waals surface area contributed by atoms with Gasteiger partial charge in [0.2, 0.25) is 6.41 Å². The molecule has 78 valence electrons. The van der Waals surface area contributed by atoms with Crippen molar-refractivity contribution in [3.8, 4) is 0 Å². The van der Waals surface area contributed by atoms with E-state index in [-0.39, 0.29) is 0 Å². The number of rotatable bonds is 8. The van der Waals surface area contributed by atoms with Gasteiger partial charge in [-0.1, -0.05) is 19.6 Å². The van der Waals surface area contributed by atoms with Crippen LogP contribution in [0.4, 0.5) is 0 Å². The molecule has 0 spiro atoms. The summed E-state index contributed by atoms with van der Waals surface area (Å²) in [5.74, 6) is 0. The normalized spacial score (nSPS) is 17.8. The second-order valence-corrected chi connectivity index (χ2v) is 8.71. The second-order valence-electron chi connectivity index (χ2n) is 2.12. The highest BCUT2D eigenvalue weighted by Gasteiger charge is 2.39. The predicted molar refractivity (Wildman–Crippen MR) is 61.4 cm³/mol. The number of hydrogen-bond acceptors (Lipinski definition) is 4. The van der Waals surface area contributed by atoms with Crippen LogP contribution < -0.4 is 4.98 Å². The zero-order valence-electron chi connectivity index (χ0n) is 8.33. The zero-order valence-corrected chi connectivity index (χ0v) is 13.6. The van der Waals surface area contributed by atoms with Crippen molar-refractivity contribution >= 4 is 44.7 Å². The number of carbonyl (C=O) groups is 1. The van der Waals surface area contributed by atoms with E-state index in [0.717, 1.165) is 0 Å². The SMILES string of the molecule is C[SiH2]O[Si](NC=O)(O[SiH2]C)O[SiH2]C. The fourth-order valence-electron chi connectivity index (χ4n) is 0.892. The molecule has 0 aliphatic carbocycles. The molecular weight excluding hydrogens is 238 g/mol. The molecule has 9 heteroatoms. The Morgan fingerprint density at radius 3 is 1.69 bits per heavy atom. The maximum absolute atomic E-state index is 10.4. The molecule has 13 heavy (non-hydrogen) atoms. The van der Waals surface area contributed by atoms with Crippen molar-refractivity contribution in [2.75, 3.05) is 0 Å². The number of carbonyl (C=O) groups excluding carboxylic acids is 1. The molecule has 0 fully saturated rings. The van der Waals surface area contributed by atoms with Gasteiger partial charge < -0.3 is 17.3 Å². The largest absolute Gasteiger partial charge is 0.600 e. The first-order chi connectivity index (χ1) is 6.24. The number of amides is 1. The highest BCUT2D eigenvalue weighted by molar-refractivity contribution is 6.72. The van der Waals surface area contributed by atoms with Crippen molar-refractivity contribution in [1.82, 2.24) is 4.98 Å². The summed E-state index contributed by atoms with van der Waals surface area (Å²) in [6.45, 7) is 5.99. The van der Waals surface area contributed by atoms with Crippen molar-refractivity contribution in [2.45, 2.75) is 19.6 Å². The molecule has 0 radical (unpaired) electrons. The smallest absolute Gasteiger partial charge is 0.406 e. The summed E-state index contributed by atoms with van der Waals surface area (Å²) >= 11 is 0. The molecule has 0 aromatic heterocycles. The van der Waals surface area contributed by atoms with Crippen LogP contribution in [0.1, 0.15) is 0 Å². The topological polar surface area (TPSA) is 56.8 Å². The zero-order chi connectivity index (χ0) is 10.2. The lowest BCUT2D eigenvalue weighted by Crippen LogP contribution is -2.59. The van der Waals surface area contributed by atoms with Crippen LogP contribution >= 0.6 is 0 Å². The minimum Gasteiger partial charge on any atom is -0.406 e. The number of nitrogens with one attached hydrogen (secondary N) is 1. The molecule has 0 aromatic carbocycles. The standard InChI is InChI=1S/C4H17NO4Si4/c1-10-7-13(5-4-6,8-11-2)9-12-3/h4H,10-12H2,1-3H3,(H,5,6). The van der Waals surface area contributed by atoms with E-state index in [1.165, 1.54) is 0 Å². The van der Waals surface area contributed by atoms with E-state index in [0.29, 0.717) is 6.41 Å². The average molecular weight is 256 g/mol. The van der Waals surface area contributed by atoms with Crippen molar-refractivity contribution in [3.63, 3.8) is 0 Å². The third-order valence-electron chi connectivity index (χ3n) is 1.24. The highest BCUT2D eigenvalue weighted by Crippen LogP contribution is 2.02. The lowest BCUT2D eigenvalue weighted by molar-refractivity contribution is -0.108. The summed E-state index contributed by atoms with van der Waals surface area (Å²) in [6.07, 6.45) is 0.615. The molecule has 0 aliphatic rings. The Bertz CT molecular complexity index is 131. The van der Waals surface area contributed by atoms with Crippen LogP contribution in [0.5, 0.6) is 0 Å². The van der Waals surface area contributed by atoms with Crippen LogP contribution in [0.2, 0.25) is 19.6 Å². The second kappa shape index (κ2) is 7.61. The first kappa shape index (κ1) is 13.2. The van der Waals surface area contributed by atoms with Gasteiger partial charge in [0.05, 0.1) is 0 Å². The van der Waals surface area contributed by atoms with Gasteiger partial charge >= 0.3 is 8.97 Å². The summed E-state index contributed by atoms with van der Waals surface area (Å²) in [6, 6.07) is 0. The fourth-order valence-corrected chi connectivity index (χ4v) is 9.85. The summed E-state index contributed by atoms with van der Waals surface area (Å²) in [7, 11) is -4.58. The van der Waals surface area contributed by atoms with Gasteiger partial charge in [-0.2, -0.15) is 0 Å². The molecule has 5 nitrogen and oxygen atoms in total. The Balaban J connectivity index is 4.27. The van der Waals surface area contributed by atoms with Crippen LogP contribution in [-0.2, 0) is 17.1 Å². The maximum Gasteiger partial charge on any atom is 0.600 e. The van der Waals surface area contributed by atoms with Crippen molar-refractivity contribution in [1.29, 1.82) is 0 Å². The third-order valence-corrected chi connectivity index (χ3v) is 9.73. The number of hydrogen-bond donors (Lipinski definition) is 1. The van der Waals surface area contributed by atoms with Crippen molar-refractivity contribution in [2.24, 2.45) is 0 Å². The Labute approximate surface area is 86.8 Å². The molecule has 0 saturated heterocycles. The third kappa shape index (κ3) is 4.85. The molecule has 0 rings (SSSR count). The van der Waals surface area contributed by atoms with Crippen molar-refractivity contribution in [3.05, 3.63) is 0 Å². The Hall–Kier alpha value is 0.218. The average Bonchev–Trinajstić information content (AvgIpc) is 2.06. The summed E-state index contributed by atoms with van der Waals surface area (Å²) < 4.78 is 16.5. The molecule has 0 aliphatic heterocycles. The summed E-state index contributed by atoms with van der Waals surface area (Å²) in [5, 5.41) is 0. The molecule has 0 atom stereocenters. The van der Waals surface area contributed by atoms with Crippen molar-refractivity contribution < 1.29 is 17.1 Å². The van der Waals surface area contributed by atoms with Gasteiger partial charge in [-0.25, -0.2) is 0 Å². The van der Waals surface area contributed by atoms with E-state index in [2.05, 4.69) is 4.98 Å². The van der Waals surface area contributed by atoms with Crippen LogP contribution in [-0.4, -0.2) is 44.7 Å². The van der Waals surface area contributed by atoms with Gasteiger partial charge in [-0.3, -0.25) is 4.79 Å². The van der Waals surface area contributed by atoms with Crippen LogP contribution in [0.15, 0.2) is 0 Å². The molecule has 1 N–H and O–H groups in total. The Morgan fingerprint density at radius 1 is 1.08 bits per heavy atom. The van der Waals surface area contributed by atoms with E-state index in [1.807, 2.05) is 19.6 Å². The van der Waals surface area contributed by atoms with Gasteiger partial charge in [0.15, 0.2) is 29.3 Å². The highest BCUT2D eigenvalue weighted by atomic mass is 28.5. The van der Waals surface area contributed by atoms with Crippen LogP contribution in [0.3, 0.4) is 0 Å². The molecule has 0 unspecified atom stereocenters. The van der Waals surface area contributed by atoms with Gasteiger partial charge in [-0.15, -0.1) is 0 Å². The van der Waals surface area contributed by atoms with Gasteiger partial charge in [0, 0.05) is 0 Å². The van der Waals surface area contributed by atoms with Gasteiger partial charge in [-0.05, 0) is 0 Å². The van der Waals surface area contributed by atoms with Crippen LogP contribution in [0.25, 0.3) is 0 Å². The molecule has 0 heterocycles. The monoisotopic (exact) mass is 255 g/mol. The quantitative estimate of drug-likeness (QED) is 0.389. The molecule has 0 bridgehead atoms. The predicted octanol–water partition coefficient (Wildman–Crippen LogP) is -2.39. The molecule has 0 saturated carbocycles. The first-order valence-corrected chi connectivity index (χ1v) is 12.1. The summed E-state index contributed by atoms with van der Waals surface area (Å²) in [5.41, 5.74) is 0. The fraction of sp³-hybridized carbons (Fsp3) is 0.750. The first-order valence-electron chi connectivity index (χ1n) is 4.37. The van der Waals surface area contributed by atoms with E-state index in [1.54, 1.807) is 0 Å². The van der Waals surface area contributed by atoms with E-state index in [4.69, 9.17) is 12.3 Å². The molecular formula is C4H17NO4Si4. The maximum atomic E-state index is 10.4. The minimum atomic E-state index is -2.73. The van der Waals surface area contributed by atoms with E-state index >= 15 is 0 Å². The lowest BCUT2D eigenvalue weighted by atomic mass is 11.5. The van der Waals surface area contributed by atoms with Crippen LogP contribution in [0, 0.1) is 0 Å². The molecule has 1 amide bonds.